The van der Waals surface area contributed by atoms with Crippen LogP contribution in [-0.4, -0.2) is 54.6 Å². The number of hydrogen-bond donors (Lipinski definition) is 2. The number of nitrogens with zero attached hydrogens (tertiary/aromatic N) is 1. The van der Waals surface area contributed by atoms with E-state index in [1.54, 1.807) is 20.8 Å². The molecule has 114 valence electrons. The zero-order valence-electron chi connectivity index (χ0n) is 12.5. The highest BCUT2D eigenvalue weighted by Crippen LogP contribution is 2.20. The molecule has 0 aliphatic carbocycles. The van der Waals surface area contributed by atoms with Gasteiger partial charge in [-0.05, 0) is 33.6 Å². The molecule has 1 aliphatic heterocycles. The first-order valence-corrected chi connectivity index (χ1v) is 6.72. The van der Waals surface area contributed by atoms with Crippen LogP contribution in [0.2, 0.25) is 0 Å². The Morgan fingerprint density at radius 1 is 1.30 bits per heavy atom. The lowest BCUT2D eigenvalue weighted by Crippen LogP contribution is -2.49. The molecule has 2 N–H and O–H groups in total. The summed E-state index contributed by atoms with van der Waals surface area (Å²) < 4.78 is 5.28. The molecule has 1 aliphatic rings. The maximum Gasteiger partial charge on any atom is 0.410 e. The molecule has 1 fully saturated rings. The molecule has 3 amide bonds. The average Bonchev–Trinajstić information content (AvgIpc) is 2.82. The third-order valence-electron chi connectivity index (χ3n) is 2.89. The molecule has 0 aromatic carbocycles. The SMILES string of the molecule is CNC(=O)CNC(=O)[C@@H]1CCCN1C(=O)OC(C)(C)C. The molecule has 0 saturated carbocycles. The first kappa shape index (κ1) is 16.3. The number of likely N-dealkylation sites (tertiary alicyclic amines) is 1. The van der Waals surface area contributed by atoms with E-state index in [2.05, 4.69) is 10.6 Å². The van der Waals surface area contributed by atoms with Crippen molar-refractivity contribution in [3.63, 3.8) is 0 Å². The van der Waals surface area contributed by atoms with Crippen LogP contribution in [0.25, 0.3) is 0 Å². The van der Waals surface area contributed by atoms with Gasteiger partial charge in [0, 0.05) is 13.6 Å². The van der Waals surface area contributed by atoms with Crippen molar-refractivity contribution in [2.75, 3.05) is 20.1 Å². The second-order valence-corrected chi connectivity index (χ2v) is 5.72. The van der Waals surface area contributed by atoms with Gasteiger partial charge in [0.1, 0.15) is 11.6 Å². The molecule has 1 saturated heterocycles. The molecule has 20 heavy (non-hydrogen) atoms. The molecular weight excluding hydrogens is 262 g/mol. The second-order valence-electron chi connectivity index (χ2n) is 5.72. The standard InChI is InChI=1S/C13H23N3O4/c1-13(2,3)20-12(19)16-7-5-6-9(16)11(18)15-8-10(17)14-4/h9H,5-8H2,1-4H3,(H,14,17)(H,15,18)/t9-/m0/s1. The zero-order chi connectivity index (χ0) is 15.3. The van der Waals surface area contributed by atoms with Crippen LogP contribution in [0.1, 0.15) is 33.6 Å². The molecule has 0 radical (unpaired) electrons. The summed E-state index contributed by atoms with van der Waals surface area (Å²) in [5.41, 5.74) is -0.594. The summed E-state index contributed by atoms with van der Waals surface area (Å²) in [7, 11) is 1.50. The summed E-state index contributed by atoms with van der Waals surface area (Å²) in [5, 5.41) is 4.94. The molecule has 0 unspecified atom stereocenters. The fourth-order valence-electron chi connectivity index (χ4n) is 1.95. The number of rotatable bonds is 3. The number of amides is 3. The van der Waals surface area contributed by atoms with E-state index in [1.807, 2.05) is 0 Å². The normalized spacial score (nSPS) is 18.6. The summed E-state index contributed by atoms with van der Waals surface area (Å²) in [6, 6.07) is -0.561. The van der Waals surface area contributed by atoms with Crippen molar-refractivity contribution in [1.82, 2.24) is 15.5 Å². The van der Waals surface area contributed by atoms with Crippen molar-refractivity contribution in [2.24, 2.45) is 0 Å². The van der Waals surface area contributed by atoms with E-state index in [0.29, 0.717) is 13.0 Å². The predicted molar refractivity (Wildman–Crippen MR) is 73.0 cm³/mol. The Kier molecular flexibility index (Phi) is 5.35. The van der Waals surface area contributed by atoms with E-state index in [-0.39, 0.29) is 18.4 Å². The molecule has 7 nitrogen and oxygen atoms in total. The Balaban J connectivity index is 2.58. The van der Waals surface area contributed by atoms with E-state index >= 15 is 0 Å². The zero-order valence-corrected chi connectivity index (χ0v) is 12.5. The largest absolute Gasteiger partial charge is 0.444 e. The van der Waals surface area contributed by atoms with Crippen LogP contribution in [0.15, 0.2) is 0 Å². The van der Waals surface area contributed by atoms with E-state index in [0.717, 1.165) is 6.42 Å². The quantitative estimate of drug-likeness (QED) is 0.778. The number of carbonyl (C=O) groups is 3. The topological polar surface area (TPSA) is 87.7 Å². The summed E-state index contributed by atoms with van der Waals surface area (Å²) in [5.74, 6) is -0.600. The predicted octanol–water partition coefficient (Wildman–Crippen LogP) is 0.248. The molecule has 1 rings (SSSR count). The molecule has 1 heterocycles. The highest BCUT2D eigenvalue weighted by Gasteiger charge is 2.36. The van der Waals surface area contributed by atoms with Crippen LogP contribution in [-0.2, 0) is 14.3 Å². The fraction of sp³-hybridized carbons (Fsp3) is 0.769. The maximum absolute atomic E-state index is 12.0. The van der Waals surface area contributed by atoms with Gasteiger partial charge in [-0.15, -0.1) is 0 Å². The van der Waals surface area contributed by atoms with Crippen molar-refractivity contribution in [3.8, 4) is 0 Å². The Morgan fingerprint density at radius 3 is 2.50 bits per heavy atom. The summed E-state index contributed by atoms with van der Waals surface area (Å²) in [6.45, 7) is 5.74. The van der Waals surface area contributed by atoms with Gasteiger partial charge >= 0.3 is 6.09 Å². The van der Waals surface area contributed by atoms with Gasteiger partial charge in [0.2, 0.25) is 11.8 Å². The molecule has 0 aromatic rings. The lowest BCUT2D eigenvalue weighted by molar-refractivity contribution is -0.128. The third kappa shape index (κ3) is 4.71. The Hall–Kier alpha value is -1.79. The molecule has 0 aromatic heterocycles. The number of likely N-dealkylation sites (N-methyl/N-ethyl adjacent to an activating group) is 1. The van der Waals surface area contributed by atoms with Gasteiger partial charge in [0.25, 0.3) is 0 Å². The molecule has 0 bridgehead atoms. The second kappa shape index (κ2) is 6.58. The summed E-state index contributed by atoms with van der Waals surface area (Å²) in [4.78, 5) is 36.5. The van der Waals surface area contributed by atoms with Crippen molar-refractivity contribution < 1.29 is 19.1 Å². The monoisotopic (exact) mass is 285 g/mol. The highest BCUT2D eigenvalue weighted by atomic mass is 16.6. The Morgan fingerprint density at radius 2 is 1.95 bits per heavy atom. The minimum atomic E-state index is -0.594. The van der Waals surface area contributed by atoms with Crippen molar-refractivity contribution >= 4 is 17.9 Å². The smallest absolute Gasteiger partial charge is 0.410 e. The minimum absolute atomic E-state index is 0.0893. The van der Waals surface area contributed by atoms with Gasteiger partial charge in [-0.2, -0.15) is 0 Å². The number of ether oxygens (including phenoxy) is 1. The minimum Gasteiger partial charge on any atom is -0.444 e. The lowest BCUT2D eigenvalue weighted by Gasteiger charge is -2.27. The van der Waals surface area contributed by atoms with Gasteiger partial charge in [-0.3, -0.25) is 14.5 Å². The van der Waals surface area contributed by atoms with E-state index in [9.17, 15) is 14.4 Å². The molecule has 7 heteroatoms. The third-order valence-corrected chi connectivity index (χ3v) is 2.89. The molecular formula is C13H23N3O4. The van der Waals surface area contributed by atoms with Crippen molar-refractivity contribution in [3.05, 3.63) is 0 Å². The van der Waals surface area contributed by atoms with Crippen LogP contribution in [0.3, 0.4) is 0 Å². The van der Waals surface area contributed by atoms with Crippen LogP contribution in [0.4, 0.5) is 4.79 Å². The van der Waals surface area contributed by atoms with Crippen LogP contribution >= 0.6 is 0 Å². The number of nitrogens with one attached hydrogen (secondary N) is 2. The molecule has 1 atom stereocenters. The lowest BCUT2D eigenvalue weighted by atomic mass is 10.2. The Labute approximate surface area is 119 Å². The van der Waals surface area contributed by atoms with E-state index in [1.165, 1.54) is 11.9 Å². The average molecular weight is 285 g/mol. The first-order valence-electron chi connectivity index (χ1n) is 6.72. The summed E-state index contributed by atoms with van der Waals surface area (Å²) >= 11 is 0. The van der Waals surface area contributed by atoms with Gasteiger partial charge in [0.05, 0.1) is 6.54 Å². The first-order chi connectivity index (χ1) is 9.24. The summed E-state index contributed by atoms with van der Waals surface area (Å²) in [6.07, 6.45) is 0.839. The van der Waals surface area contributed by atoms with E-state index in [4.69, 9.17) is 4.74 Å². The Bertz CT molecular complexity index is 390. The van der Waals surface area contributed by atoms with Crippen LogP contribution < -0.4 is 10.6 Å². The van der Waals surface area contributed by atoms with Crippen LogP contribution in [0, 0.1) is 0 Å². The fourth-order valence-corrected chi connectivity index (χ4v) is 1.95. The van der Waals surface area contributed by atoms with Gasteiger partial charge in [0.15, 0.2) is 0 Å². The number of carbonyl (C=O) groups excluding carboxylic acids is 3. The highest BCUT2D eigenvalue weighted by molar-refractivity contribution is 5.89. The molecule has 0 spiro atoms. The van der Waals surface area contributed by atoms with Gasteiger partial charge in [-0.1, -0.05) is 0 Å². The maximum atomic E-state index is 12.0. The van der Waals surface area contributed by atoms with E-state index < -0.39 is 17.7 Å². The van der Waals surface area contributed by atoms with Crippen molar-refractivity contribution in [1.29, 1.82) is 0 Å². The van der Waals surface area contributed by atoms with Crippen molar-refractivity contribution in [2.45, 2.75) is 45.3 Å². The van der Waals surface area contributed by atoms with Crippen LogP contribution in [0.5, 0.6) is 0 Å². The van der Waals surface area contributed by atoms with Gasteiger partial charge in [-0.25, -0.2) is 4.79 Å². The van der Waals surface area contributed by atoms with Gasteiger partial charge < -0.3 is 15.4 Å². The number of hydrogen-bond acceptors (Lipinski definition) is 4.